The number of aromatic amines is 2. The van der Waals surface area contributed by atoms with Crippen molar-refractivity contribution in [3.63, 3.8) is 0 Å². The van der Waals surface area contributed by atoms with Gasteiger partial charge in [0.2, 0.25) is 0 Å². The van der Waals surface area contributed by atoms with E-state index in [-0.39, 0.29) is 5.56 Å². The fraction of sp³-hybridized carbons (Fsp3) is 0.188. The zero-order valence-electron chi connectivity index (χ0n) is 12.9. The zero-order chi connectivity index (χ0) is 16.8. The van der Waals surface area contributed by atoms with E-state index in [1.807, 2.05) is 32.0 Å². The molecule has 24 heavy (non-hydrogen) atoms. The number of thiophene rings is 1. The first-order chi connectivity index (χ1) is 11.5. The Morgan fingerprint density at radius 2 is 2.08 bits per heavy atom. The summed E-state index contributed by atoms with van der Waals surface area (Å²) in [7, 11) is 0. The Morgan fingerprint density at radius 3 is 2.92 bits per heavy atom. The fourth-order valence-electron chi connectivity index (χ4n) is 2.53. The van der Waals surface area contributed by atoms with Crippen molar-refractivity contribution in [1.82, 2.24) is 19.9 Å². The van der Waals surface area contributed by atoms with E-state index in [4.69, 9.17) is 11.6 Å². The Hall–Kier alpha value is -1.83. The van der Waals surface area contributed by atoms with Gasteiger partial charge in [-0.2, -0.15) is 0 Å². The van der Waals surface area contributed by atoms with Crippen LogP contribution in [0.25, 0.3) is 21.3 Å². The van der Waals surface area contributed by atoms with Gasteiger partial charge in [-0.25, -0.2) is 9.97 Å². The molecule has 0 fully saturated rings. The number of imidazole rings is 1. The minimum atomic E-state index is -0.0752. The third-order valence-electron chi connectivity index (χ3n) is 3.86. The molecular formula is C16H13ClN4OS2. The number of nitrogens with one attached hydrogen (secondary N) is 2. The normalized spacial score (nSPS) is 11.6. The van der Waals surface area contributed by atoms with Crippen molar-refractivity contribution in [3.05, 3.63) is 49.8 Å². The number of aryl methyl sites for hydroxylation is 2. The van der Waals surface area contributed by atoms with Crippen LogP contribution in [0.15, 0.2) is 28.2 Å². The van der Waals surface area contributed by atoms with Gasteiger partial charge in [0.15, 0.2) is 5.16 Å². The molecule has 4 aromatic rings. The number of hydrogen-bond donors (Lipinski definition) is 2. The second-order valence-corrected chi connectivity index (χ2v) is 8.07. The van der Waals surface area contributed by atoms with Gasteiger partial charge >= 0.3 is 0 Å². The highest BCUT2D eigenvalue weighted by Gasteiger charge is 2.12. The Morgan fingerprint density at radius 1 is 1.25 bits per heavy atom. The number of fused-ring (bicyclic) bond motifs is 2. The van der Waals surface area contributed by atoms with Crippen LogP contribution in [0, 0.1) is 13.8 Å². The van der Waals surface area contributed by atoms with Crippen LogP contribution in [0.3, 0.4) is 0 Å². The molecule has 1 aromatic carbocycles. The second kappa shape index (κ2) is 5.91. The number of aromatic nitrogens is 4. The summed E-state index contributed by atoms with van der Waals surface area (Å²) in [4.78, 5) is 29.4. The first-order valence-corrected chi connectivity index (χ1v) is 9.46. The summed E-state index contributed by atoms with van der Waals surface area (Å²) in [5.41, 5.74) is 2.70. The molecule has 122 valence electrons. The topological polar surface area (TPSA) is 74.4 Å². The van der Waals surface area contributed by atoms with Gasteiger partial charge in [0.25, 0.3) is 5.56 Å². The Balaban J connectivity index is 1.63. The molecule has 5 nitrogen and oxygen atoms in total. The van der Waals surface area contributed by atoms with Crippen molar-refractivity contribution in [3.8, 4) is 0 Å². The highest BCUT2D eigenvalue weighted by atomic mass is 35.5. The maximum absolute atomic E-state index is 12.3. The highest BCUT2D eigenvalue weighted by Crippen LogP contribution is 2.27. The molecule has 2 N–H and O–H groups in total. The van der Waals surface area contributed by atoms with E-state index in [0.717, 1.165) is 31.5 Å². The van der Waals surface area contributed by atoms with Crippen molar-refractivity contribution in [2.24, 2.45) is 0 Å². The predicted molar refractivity (Wildman–Crippen MR) is 100 cm³/mol. The molecular weight excluding hydrogens is 364 g/mol. The lowest BCUT2D eigenvalue weighted by atomic mass is 10.2. The molecule has 3 heterocycles. The second-order valence-electron chi connectivity index (χ2n) is 5.47. The molecule has 0 unspecified atom stereocenters. The van der Waals surface area contributed by atoms with Gasteiger partial charge in [0, 0.05) is 9.90 Å². The molecule has 0 saturated carbocycles. The highest BCUT2D eigenvalue weighted by molar-refractivity contribution is 7.98. The average molecular weight is 377 g/mol. The van der Waals surface area contributed by atoms with Crippen LogP contribution in [0.4, 0.5) is 0 Å². The van der Waals surface area contributed by atoms with Gasteiger partial charge in [-0.3, -0.25) is 4.79 Å². The van der Waals surface area contributed by atoms with Crippen molar-refractivity contribution >= 4 is 55.9 Å². The van der Waals surface area contributed by atoms with Crippen LogP contribution in [-0.4, -0.2) is 19.9 Å². The number of rotatable bonds is 3. The summed E-state index contributed by atoms with van der Waals surface area (Å²) < 4.78 is 0. The molecule has 0 atom stereocenters. The van der Waals surface area contributed by atoms with Crippen molar-refractivity contribution < 1.29 is 0 Å². The molecule has 8 heteroatoms. The largest absolute Gasteiger partial charge is 0.333 e. The monoisotopic (exact) mass is 376 g/mol. The lowest BCUT2D eigenvalue weighted by Crippen LogP contribution is -2.10. The third kappa shape index (κ3) is 2.72. The summed E-state index contributed by atoms with van der Waals surface area (Å²) in [6.45, 7) is 3.97. The SMILES string of the molecule is Cc1sc2nc(CSc3nc4ccc(Cl)cc4[nH]3)[nH]c(=O)c2c1C. The van der Waals surface area contributed by atoms with E-state index < -0.39 is 0 Å². The number of thioether (sulfide) groups is 1. The molecule has 0 aliphatic heterocycles. The minimum Gasteiger partial charge on any atom is -0.333 e. The summed E-state index contributed by atoms with van der Waals surface area (Å²) in [5, 5.41) is 2.14. The Kier molecular flexibility index (Phi) is 3.86. The molecule has 0 aliphatic rings. The van der Waals surface area contributed by atoms with E-state index >= 15 is 0 Å². The molecule has 0 amide bonds. The summed E-state index contributed by atoms with van der Waals surface area (Å²) in [5.74, 6) is 1.19. The molecule has 4 rings (SSSR count). The molecule has 0 spiro atoms. The fourth-order valence-corrected chi connectivity index (χ4v) is 4.51. The Labute approximate surface area is 150 Å². The van der Waals surface area contributed by atoms with Gasteiger partial charge in [-0.05, 0) is 37.6 Å². The van der Waals surface area contributed by atoms with Gasteiger partial charge < -0.3 is 9.97 Å². The van der Waals surface area contributed by atoms with Crippen molar-refractivity contribution in [1.29, 1.82) is 0 Å². The number of benzene rings is 1. The van der Waals surface area contributed by atoms with Crippen LogP contribution < -0.4 is 5.56 Å². The number of hydrogen-bond acceptors (Lipinski definition) is 5. The van der Waals surface area contributed by atoms with Crippen LogP contribution in [0.5, 0.6) is 0 Å². The maximum atomic E-state index is 12.3. The zero-order valence-corrected chi connectivity index (χ0v) is 15.3. The lowest BCUT2D eigenvalue weighted by molar-refractivity contribution is 1.03. The van der Waals surface area contributed by atoms with Crippen molar-refractivity contribution in [2.75, 3.05) is 0 Å². The summed E-state index contributed by atoms with van der Waals surface area (Å²) >= 11 is 9.04. The van der Waals surface area contributed by atoms with Crippen LogP contribution in [-0.2, 0) is 5.75 Å². The van der Waals surface area contributed by atoms with E-state index in [1.165, 1.54) is 11.8 Å². The average Bonchev–Trinajstić information content (AvgIpc) is 3.06. The number of nitrogens with zero attached hydrogens (tertiary/aromatic N) is 2. The summed E-state index contributed by atoms with van der Waals surface area (Å²) in [6.07, 6.45) is 0. The number of halogens is 1. The first-order valence-electron chi connectivity index (χ1n) is 7.28. The molecule has 0 radical (unpaired) electrons. The Bertz CT molecular complexity index is 1130. The van der Waals surface area contributed by atoms with Gasteiger partial charge in [0.1, 0.15) is 10.7 Å². The third-order valence-corrected chi connectivity index (χ3v) is 6.08. The predicted octanol–water partition coefficient (Wildman–Crippen LogP) is 4.42. The number of H-pyrrole nitrogens is 2. The smallest absolute Gasteiger partial charge is 0.259 e. The summed E-state index contributed by atoms with van der Waals surface area (Å²) in [6, 6.07) is 5.53. The van der Waals surface area contributed by atoms with Crippen LogP contribution >= 0.6 is 34.7 Å². The molecule has 0 saturated heterocycles. The van der Waals surface area contributed by atoms with Crippen LogP contribution in [0.2, 0.25) is 5.02 Å². The minimum absolute atomic E-state index is 0.0752. The van der Waals surface area contributed by atoms with E-state index in [2.05, 4.69) is 19.9 Å². The lowest BCUT2D eigenvalue weighted by Gasteiger charge is -1.99. The quantitative estimate of drug-likeness (QED) is 0.519. The molecule has 0 bridgehead atoms. The van der Waals surface area contributed by atoms with E-state index in [9.17, 15) is 4.79 Å². The first kappa shape index (κ1) is 15.7. The maximum Gasteiger partial charge on any atom is 0.259 e. The van der Waals surface area contributed by atoms with Gasteiger partial charge in [-0.1, -0.05) is 23.4 Å². The van der Waals surface area contributed by atoms with Crippen molar-refractivity contribution in [2.45, 2.75) is 24.8 Å². The molecule has 3 aromatic heterocycles. The van der Waals surface area contributed by atoms with E-state index in [0.29, 0.717) is 22.0 Å². The van der Waals surface area contributed by atoms with Gasteiger partial charge in [0.05, 0.1) is 22.2 Å². The van der Waals surface area contributed by atoms with Crippen LogP contribution in [0.1, 0.15) is 16.3 Å². The van der Waals surface area contributed by atoms with Gasteiger partial charge in [-0.15, -0.1) is 11.3 Å². The van der Waals surface area contributed by atoms with E-state index in [1.54, 1.807) is 11.3 Å². The standard InChI is InChI=1S/C16H13ClN4OS2/c1-7-8(2)24-15-13(7)14(22)20-12(21-15)6-23-16-18-10-4-3-9(17)5-11(10)19-16/h3-5H,6H2,1-2H3,(H,18,19)(H,20,21,22). The molecule has 0 aliphatic carbocycles.